The van der Waals surface area contributed by atoms with E-state index in [1.807, 2.05) is 35.2 Å². The van der Waals surface area contributed by atoms with Gasteiger partial charge in [-0.1, -0.05) is 18.2 Å². The van der Waals surface area contributed by atoms with E-state index in [1.165, 1.54) is 6.42 Å². The van der Waals surface area contributed by atoms with E-state index in [1.54, 1.807) is 0 Å². The van der Waals surface area contributed by atoms with Crippen LogP contribution in [0.1, 0.15) is 49.4 Å². The molecule has 1 atom stereocenters. The zero-order valence-corrected chi connectivity index (χ0v) is 15.1. The molecule has 5 nitrogen and oxygen atoms in total. The highest BCUT2D eigenvalue weighted by molar-refractivity contribution is 5.94. The maximum absolute atomic E-state index is 12.5. The van der Waals surface area contributed by atoms with Gasteiger partial charge in [0.2, 0.25) is 5.91 Å². The van der Waals surface area contributed by atoms with Crippen LogP contribution in [0.3, 0.4) is 0 Å². The Morgan fingerprint density at radius 2 is 1.76 bits per heavy atom. The lowest BCUT2D eigenvalue weighted by atomic mass is 10.0. The number of hydrogen-bond donors (Lipinski definition) is 1. The third kappa shape index (κ3) is 4.82. The van der Waals surface area contributed by atoms with Crippen molar-refractivity contribution in [3.63, 3.8) is 0 Å². The van der Waals surface area contributed by atoms with E-state index in [-0.39, 0.29) is 17.9 Å². The van der Waals surface area contributed by atoms with Crippen LogP contribution in [0.4, 0.5) is 0 Å². The van der Waals surface area contributed by atoms with E-state index in [0.29, 0.717) is 18.2 Å². The monoisotopic (exact) mass is 343 g/mol. The Bertz CT molecular complexity index is 582. The summed E-state index contributed by atoms with van der Waals surface area (Å²) in [6.45, 7) is 5.32. The Kier molecular flexibility index (Phi) is 6.08. The molecular formula is C20H29N3O2. The molecular weight excluding hydrogens is 314 g/mol. The third-order valence-electron chi connectivity index (χ3n) is 5.44. The number of nitrogens with one attached hydrogen (secondary N) is 1. The molecule has 2 aliphatic heterocycles. The van der Waals surface area contributed by atoms with Gasteiger partial charge in [-0.05, 0) is 51.2 Å². The second kappa shape index (κ2) is 8.48. The van der Waals surface area contributed by atoms with E-state index in [9.17, 15) is 9.59 Å². The van der Waals surface area contributed by atoms with Gasteiger partial charge in [0.05, 0.1) is 6.54 Å². The number of nitrogens with zero attached hydrogens (tertiary/aromatic N) is 2. The van der Waals surface area contributed by atoms with Gasteiger partial charge >= 0.3 is 0 Å². The summed E-state index contributed by atoms with van der Waals surface area (Å²) in [5.74, 6) is 0.260. The number of carbonyl (C=O) groups excluding carboxylic acids is 2. The fourth-order valence-corrected chi connectivity index (χ4v) is 3.84. The lowest BCUT2D eigenvalue weighted by molar-refractivity contribution is -0.135. The minimum atomic E-state index is -0.00253. The predicted octanol–water partition coefficient (Wildman–Crippen LogP) is 2.28. The van der Waals surface area contributed by atoms with Crippen LogP contribution in [0.2, 0.25) is 0 Å². The highest BCUT2D eigenvalue weighted by Gasteiger charge is 2.27. The summed E-state index contributed by atoms with van der Waals surface area (Å²) in [7, 11) is 0. The number of hydrogen-bond acceptors (Lipinski definition) is 3. The second-order valence-electron chi connectivity index (χ2n) is 7.32. The molecule has 0 aliphatic carbocycles. The molecule has 2 aliphatic rings. The predicted molar refractivity (Wildman–Crippen MR) is 98.4 cm³/mol. The number of benzene rings is 1. The molecule has 0 radical (unpaired) electrons. The molecule has 2 fully saturated rings. The number of carbonyl (C=O) groups is 2. The molecule has 0 saturated carbocycles. The maximum atomic E-state index is 12.5. The Morgan fingerprint density at radius 1 is 1.04 bits per heavy atom. The topological polar surface area (TPSA) is 52.7 Å². The number of piperidine rings is 2. The summed E-state index contributed by atoms with van der Waals surface area (Å²) in [5, 5.41) is 3.12. The summed E-state index contributed by atoms with van der Waals surface area (Å²) >= 11 is 0. The van der Waals surface area contributed by atoms with Gasteiger partial charge in [-0.25, -0.2) is 0 Å². The van der Waals surface area contributed by atoms with Gasteiger partial charge in [0.1, 0.15) is 0 Å². The second-order valence-corrected chi connectivity index (χ2v) is 7.32. The van der Waals surface area contributed by atoms with Crippen LogP contribution in [0, 0.1) is 0 Å². The van der Waals surface area contributed by atoms with Crippen molar-refractivity contribution in [1.29, 1.82) is 0 Å². The van der Waals surface area contributed by atoms with Gasteiger partial charge in [0, 0.05) is 37.3 Å². The van der Waals surface area contributed by atoms with E-state index >= 15 is 0 Å². The van der Waals surface area contributed by atoms with Gasteiger partial charge in [0.25, 0.3) is 5.91 Å². The zero-order chi connectivity index (χ0) is 17.6. The Hall–Kier alpha value is -1.88. The van der Waals surface area contributed by atoms with Crippen LogP contribution in [0.25, 0.3) is 0 Å². The van der Waals surface area contributed by atoms with E-state index < -0.39 is 0 Å². The SMILES string of the molecule is CC1CCCCN1C(=O)CN1CCC(NC(=O)c2ccccc2)CC1. The first-order chi connectivity index (χ1) is 12.1. The standard InChI is InChI=1S/C20H29N3O2/c1-16-7-5-6-12-23(16)19(24)15-22-13-10-18(11-14-22)21-20(25)17-8-3-2-4-9-17/h2-4,8-9,16,18H,5-7,10-15H2,1H3,(H,21,25). The summed E-state index contributed by atoms with van der Waals surface area (Å²) < 4.78 is 0. The number of likely N-dealkylation sites (tertiary alicyclic amines) is 2. The molecule has 136 valence electrons. The van der Waals surface area contributed by atoms with Crippen LogP contribution >= 0.6 is 0 Å². The van der Waals surface area contributed by atoms with Crippen molar-refractivity contribution >= 4 is 11.8 Å². The molecule has 2 heterocycles. The van der Waals surface area contributed by atoms with Crippen molar-refractivity contribution in [2.75, 3.05) is 26.2 Å². The summed E-state index contributed by atoms with van der Waals surface area (Å²) in [4.78, 5) is 29.0. The average molecular weight is 343 g/mol. The summed E-state index contributed by atoms with van der Waals surface area (Å²) in [5.41, 5.74) is 0.708. The Balaban J connectivity index is 1.42. The zero-order valence-electron chi connectivity index (χ0n) is 15.1. The largest absolute Gasteiger partial charge is 0.349 e. The van der Waals surface area contributed by atoms with Gasteiger partial charge in [0.15, 0.2) is 0 Å². The van der Waals surface area contributed by atoms with Crippen LogP contribution in [-0.2, 0) is 4.79 Å². The first kappa shape index (κ1) is 17.9. The highest BCUT2D eigenvalue weighted by Crippen LogP contribution is 2.18. The summed E-state index contributed by atoms with van der Waals surface area (Å²) in [6, 6.07) is 9.92. The molecule has 2 saturated heterocycles. The lowest BCUT2D eigenvalue weighted by Crippen LogP contribution is -2.50. The number of rotatable bonds is 4. The molecule has 1 unspecified atom stereocenters. The van der Waals surface area contributed by atoms with E-state index in [4.69, 9.17) is 0 Å². The molecule has 25 heavy (non-hydrogen) atoms. The van der Waals surface area contributed by atoms with Crippen molar-refractivity contribution in [3.8, 4) is 0 Å². The highest BCUT2D eigenvalue weighted by atomic mass is 16.2. The maximum Gasteiger partial charge on any atom is 0.251 e. The number of amides is 2. The van der Waals surface area contributed by atoms with Crippen LogP contribution < -0.4 is 5.32 Å². The van der Waals surface area contributed by atoms with E-state index in [0.717, 1.165) is 45.3 Å². The van der Waals surface area contributed by atoms with Crippen molar-refractivity contribution in [2.45, 2.75) is 51.1 Å². The third-order valence-corrected chi connectivity index (χ3v) is 5.44. The summed E-state index contributed by atoms with van der Waals surface area (Å²) in [6.07, 6.45) is 5.29. The van der Waals surface area contributed by atoms with Crippen LogP contribution in [-0.4, -0.2) is 59.9 Å². The lowest BCUT2D eigenvalue weighted by Gasteiger charge is -2.37. The normalized spacial score (nSPS) is 22.6. The molecule has 0 bridgehead atoms. The van der Waals surface area contributed by atoms with Gasteiger partial charge in [-0.15, -0.1) is 0 Å². The molecule has 0 aromatic heterocycles. The minimum absolute atomic E-state index is 0.00253. The van der Waals surface area contributed by atoms with Gasteiger partial charge in [-0.2, -0.15) is 0 Å². The molecule has 2 amide bonds. The molecule has 3 rings (SSSR count). The Morgan fingerprint density at radius 3 is 2.44 bits per heavy atom. The average Bonchev–Trinajstić information content (AvgIpc) is 2.64. The smallest absolute Gasteiger partial charge is 0.251 e. The minimum Gasteiger partial charge on any atom is -0.349 e. The van der Waals surface area contributed by atoms with Crippen LogP contribution in [0.5, 0.6) is 0 Å². The van der Waals surface area contributed by atoms with Crippen molar-refractivity contribution in [1.82, 2.24) is 15.1 Å². The van der Waals surface area contributed by atoms with E-state index in [2.05, 4.69) is 17.1 Å². The van der Waals surface area contributed by atoms with Crippen molar-refractivity contribution in [2.24, 2.45) is 0 Å². The molecule has 1 aromatic rings. The first-order valence-electron chi connectivity index (χ1n) is 9.51. The fourth-order valence-electron chi connectivity index (χ4n) is 3.84. The molecule has 0 spiro atoms. The molecule has 1 aromatic carbocycles. The fraction of sp³-hybridized carbons (Fsp3) is 0.600. The van der Waals surface area contributed by atoms with Crippen molar-refractivity contribution in [3.05, 3.63) is 35.9 Å². The molecule has 1 N–H and O–H groups in total. The molecule has 5 heteroatoms. The van der Waals surface area contributed by atoms with Gasteiger partial charge < -0.3 is 10.2 Å². The van der Waals surface area contributed by atoms with Crippen LogP contribution in [0.15, 0.2) is 30.3 Å². The Labute approximate surface area is 150 Å². The van der Waals surface area contributed by atoms with Crippen molar-refractivity contribution < 1.29 is 9.59 Å². The van der Waals surface area contributed by atoms with Gasteiger partial charge in [-0.3, -0.25) is 14.5 Å². The quantitative estimate of drug-likeness (QED) is 0.912. The first-order valence-corrected chi connectivity index (χ1v) is 9.51.